The molecule has 0 aliphatic carbocycles. The summed E-state index contributed by atoms with van der Waals surface area (Å²) in [5.41, 5.74) is 0.920. The number of rotatable bonds is 5. The van der Waals surface area contributed by atoms with E-state index in [1.54, 1.807) is 0 Å². The van der Waals surface area contributed by atoms with Gasteiger partial charge in [0.1, 0.15) is 12.2 Å². The summed E-state index contributed by atoms with van der Waals surface area (Å²) in [5, 5.41) is 11.4. The van der Waals surface area contributed by atoms with Crippen molar-refractivity contribution in [2.24, 2.45) is 0 Å². The molecule has 0 aliphatic rings. The van der Waals surface area contributed by atoms with Crippen LogP contribution in [0.5, 0.6) is 0 Å². The van der Waals surface area contributed by atoms with Crippen LogP contribution < -0.4 is 5.32 Å². The van der Waals surface area contributed by atoms with Gasteiger partial charge in [0.2, 0.25) is 0 Å². The molecule has 0 radical (unpaired) electrons. The van der Waals surface area contributed by atoms with Gasteiger partial charge in [-0.2, -0.15) is 5.10 Å². The maximum absolute atomic E-state index is 6.18. The highest BCUT2D eigenvalue weighted by atomic mass is 35.5. The SMILES string of the molecule is CCNC(Cc1c(Cl)cccc1Cl)c1ncn[nH]1. The quantitative estimate of drug-likeness (QED) is 0.888. The van der Waals surface area contributed by atoms with Gasteiger partial charge in [0.05, 0.1) is 6.04 Å². The molecule has 1 aromatic carbocycles. The summed E-state index contributed by atoms with van der Waals surface area (Å²) >= 11 is 12.4. The fraction of sp³-hybridized carbons (Fsp3) is 0.333. The molecule has 1 atom stereocenters. The Bertz CT molecular complexity index is 479. The Labute approximate surface area is 116 Å². The Morgan fingerprint density at radius 2 is 2.06 bits per heavy atom. The number of nitrogens with one attached hydrogen (secondary N) is 2. The third-order valence-corrected chi connectivity index (χ3v) is 3.39. The van der Waals surface area contributed by atoms with Crippen molar-refractivity contribution in [1.29, 1.82) is 0 Å². The van der Waals surface area contributed by atoms with E-state index >= 15 is 0 Å². The van der Waals surface area contributed by atoms with Crippen LogP contribution in [0.4, 0.5) is 0 Å². The third-order valence-electron chi connectivity index (χ3n) is 2.68. The lowest BCUT2D eigenvalue weighted by atomic mass is 10.1. The molecule has 18 heavy (non-hydrogen) atoms. The molecule has 2 aromatic rings. The van der Waals surface area contributed by atoms with E-state index in [1.807, 2.05) is 25.1 Å². The zero-order chi connectivity index (χ0) is 13.0. The third kappa shape index (κ3) is 3.02. The van der Waals surface area contributed by atoms with E-state index < -0.39 is 0 Å². The second kappa shape index (κ2) is 6.18. The van der Waals surface area contributed by atoms with E-state index in [4.69, 9.17) is 23.2 Å². The fourth-order valence-corrected chi connectivity index (χ4v) is 2.38. The number of H-pyrrole nitrogens is 1. The molecule has 4 nitrogen and oxygen atoms in total. The molecule has 1 unspecified atom stereocenters. The summed E-state index contributed by atoms with van der Waals surface area (Å²) in [6.45, 7) is 2.87. The van der Waals surface area contributed by atoms with Gasteiger partial charge in [-0.1, -0.05) is 36.2 Å². The van der Waals surface area contributed by atoms with Crippen molar-refractivity contribution >= 4 is 23.2 Å². The molecule has 0 bridgehead atoms. The molecule has 1 heterocycles. The molecule has 0 spiro atoms. The molecule has 0 saturated carbocycles. The largest absolute Gasteiger partial charge is 0.307 e. The molecule has 0 aliphatic heterocycles. The minimum Gasteiger partial charge on any atom is -0.307 e. The smallest absolute Gasteiger partial charge is 0.141 e. The minimum atomic E-state index is 0.0231. The fourth-order valence-electron chi connectivity index (χ4n) is 1.83. The van der Waals surface area contributed by atoms with Crippen LogP contribution in [0.1, 0.15) is 24.4 Å². The predicted octanol–water partition coefficient (Wildman–Crippen LogP) is 3.00. The number of halogens is 2. The van der Waals surface area contributed by atoms with Crippen molar-refractivity contribution in [3.63, 3.8) is 0 Å². The van der Waals surface area contributed by atoms with E-state index in [9.17, 15) is 0 Å². The van der Waals surface area contributed by atoms with Crippen LogP contribution in [-0.2, 0) is 6.42 Å². The van der Waals surface area contributed by atoms with Crippen molar-refractivity contribution in [1.82, 2.24) is 20.5 Å². The number of aromatic nitrogens is 3. The Balaban J connectivity index is 2.24. The van der Waals surface area contributed by atoms with Gasteiger partial charge in [0, 0.05) is 10.0 Å². The van der Waals surface area contributed by atoms with Crippen molar-refractivity contribution in [3.05, 3.63) is 46.0 Å². The summed E-state index contributed by atoms with van der Waals surface area (Å²) in [6.07, 6.45) is 2.16. The van der Waals surface area contributed by atoms with Crippen LogP contribution in [0.3, 0.4) is 0 Å². The number of benzene rings is 1. The van der Waals surface area contributed by atoms with Gasteiger partial charge in [0.25, 0.3) is 0 Å². The first kappa shape index (κ1) is 13.3. The van der Waals surface area contributed by atoms with Crippen LogP contribution in [0.15, 0.2) is 24.5 Å². The molecule has 2 N–H and O–H groups in total. The molecule has 96 valence electrons. The monoisotopic (exact) mass is 284 g/mol. The average Bonchev–Trinajstić information content (AvgIpc) is 2.86. The lowest BCUT2D eigenvalue weighted by molar-refractivity contribution is 0.523. The van der Waals surface area contributed by atoms with E-state index in [-0.39, 0.29) is 6.04 Å². The zero-order valence-corrected chi connectivity index (χ0v) is 11.5. The van der Waals surface area contributed by atoms with Crippen molar-refractivity contribution in [2.75, 3.05) is 6.54 Å². The molecular weight excluding hydrogens is 271 g/mol. The highest BCUT2D eigenvalue weighted by Gasteiger charge is 2.17. The Morgan fingerprint density at radius 1 is 1.33 bits per heavy atom. The van der Waals surface area contributed by atoms with Crippen LogP contribution >= 0.6 is 23.2 Å². The van der Waals surface area contributed by atoms with E-state index in [2.05, 4.69) is 20.5 Å². The predicted molar refractivity (Wildman–Crippen MR) is 73.0 cm³/mol. The Hall–Kier alpha value is -1.10. The highest BCUT2D eigenvalue weighted by Crippen LogP contribution is 2.28. The molecule has 1 aromatic heterocycles. The maximum atomic E-state index is 6.18. The summed E-state index contributed by atoms with van der Waals surface area (Å²) in [6, 6.07) is 5.54. The molecular formula is C12H14Cl2N4. The summed E-state index contributed by atoms with van der Waals surface area (Å²) in [4.78, 5) is 4.18. The van der Waals surface area contributed by atoms with Crippen molar-refractivity contribution < 1.29 is 0 Å². The van der Waals surface area contributed by atoms with Crippen LogP contribution in [0.2, 0.25) is 10.0 Å². The zero-order valence-electron chi connectivity index (χ0n) is 9.95. The summed E-state index contributed by atoms with van der Waals surface area (Å²) < 4.78 is 0. The van der Waals surface area contributed by atoms with Gasteiger partial charge in [-0.3, -0.25) is 5.10 Å². The van der Waals surface area contributed by atoms with E-state index in [1.165, 1.54) is 6.33 Å². The first-order valence-corrected chi connectivity index (χ1v) is 6.49. The summed E-state index contributed by atoms with van der Waals surface area (Å²) in [7, 11) is 0. The van der Waals surface area contributed by atoms with Crippen LogP contribution in [0.25, 0.3) is 0 Å². The van der Waals surface area contributed by atoms with Crippen molar-refractivity contribution in [3.8, 4) is 0 Å². The molecule has 0 fully saturated rings. The van der Waals surface area contributed by atoms with Gasteiger partial charge >= 0.3 is 0 Å². The number of likely N-dealkylation sites (N-methyl/N-ethyl adjacent to an activating group) is 1. The van der Waals surface area contributed by atoms with Gasteiger partial charge in [-0.05, 0) is 30.7 Å². The Morgan fingerprint density at radius 3 is 2.61 bits per heavy atom. The second-order valence-corrected chi connectivity index (χ2v) is 4.70. The number of nitrogens with zero attached hydrogens (tertiary/aromatic N) is 2. The molecule has 6 heteroatoms. The standard InChI is InChI=1S/C12H14Cl2N4/c1-2-15-11(12-16-7-17-18-12)6-8-9(13)4-3-5-10(8)14/h3-5,7,11,15H,2,6H2,1H3,(H,16,17,18). The van der Waals surface area contributed by atoms with Crippen molar-refractivity contribution in [2.45, 2.75) is 19.4 Å². The number of aromatic amines is 1. The molecule has 0 amide bonds. The van der Waals surface area contributed by atoms with Crippen LogP contribution in [-0.4, -0.2) is 21.7 Å². The van der Waals surface area contributed by atoms with Gasteiger partial charge in [-0.25, -0.2) is 4.98 Å². The second-order valence-electron chi connectivity index (χ2n) is 3.89. The minimum absolute atomic E-state index is 0.0231. The van der Waals surface area contributed by atoms with Gasteiger partial charge in [0.15, 0.2) is 0 Å². The first-order valence-electron chi connectivity index (χ1n) is 5.74. The Kier molecular flexibility index (Phi) is 4.58. The maximum Gasteiger partial charge on any atom is 0.141 e. The average molecular weight is 285 g/mol. The number of hydrogen-bond donors (Lipinski definition) is 2. The first-order chi connectivity index (χ1) is 8.72. The summed E-state index contributed by atoms with van der Waals surface area (Å²) in [5.74, 6) is 0.785. The van der Waals surface area contributed by atoms with E-state index in [0.717, 1.165) is 17.9 Å². The van der Waals surface area contributed by atoms with Gasteiger partial charge in [-0.15, -0.1) is 0 Å². The number of hydrogen-bond acceptors (Lipinski definition) is 3. The van der Waals surface area contributed by atoms with Gasteiger partial charge < -0.3 is 5.32 Å². The lowest BCUT2D eigenvalue weighted by Gasteiger charge is -2.16. The lowest BCUT2D eigenvalue weighted by Crippen LogP contribution is -2.24. The molecule has 0 saturated heterocycles. The highest BCUT2D eigenvalue weighted by molar-refractivity contribution is 6.35. The van der Waals surface area contributed by atoms with E-state index in [0.29, 0.717) is 16.5 Å². The molecule has 2 rings (SSSR count). The topological polar surface area (TPSA) is 53.6 Å². The normalized spacial score (nSPS) is 12.6. The van der Waals surface area contributed by atoms with Crippen LogP contribution in [0, 0.1) is 0 Å².